The average Bonchev–Trinajstić information content (AvgIpc) is 2.42. The van der Waals surface area contributed by atoms with E-state index in [0.29, 0.717) is 6.10 Å². The van der Waals surface area contributed by atoms with Crippen LogP contribution < -0.4 is 5.32 Å². The van der Waals surface area contributed by atoms with Crippen LogP contribution in [0, 0.1) is 5.92 Å². The smallest absolute Gasteiger partial charge is 0.0699 e. The molecule has 1 aliphatic carbocycles. The van der Waals surface area contributed by atoms with E-state index in [1.165, 1.54) is 57.8 Å². The molecule has 0 spiro atoms. The highest BCUT2D eigenvalue weighted by atomic mass is 16.5. The van der Waals surface area contributed by atoms with Gasteiger partial charge in [-0.2, -0.15) is 0 Å². The summed E-state index contributed by atoms with van der Waals surface area (Å²) in [6, 6.07) is 0.737. The number of rotatable bonds is 5. The Morgan fingerprint density at radius 1 is 1.06 bits per heavy atom. The number of nitrogens with one attached hydrogen (secondary N) is 1. The van der Waals surface area contributed by atoms with E-state index in [4.69, 9.17) is 4.74 Å². The van der Waals surface area contributed by atoms with Gasteiger partial charge in [-0.1, -0.05) is 26.2 Å². The van der Waals surface area contributed by atoms with E-state index in [2.05, 4.69) is 12.2 Å². The summed E-state index contributed by atoms with van der Waals surface area (Å²) in [6.07, 6.45) is 12.9. The van der Waals surface area contributed by atoms with Gasteiger partial charge in [0.15, 0.2) is 0 Å². The average molecular weight is 239 g/mol. The van der Waals surface area contributed by atoms with Gasteiger partial charge in [0.2, 0.25) is 0 Å². The van der Waals surface area contributed by atoms with Gasteiger partial charge in [-0.3, -0.25) is 0 Å². The molecule has 0 bridgehead atoms. The summed E-state index contributed by atoms with van der Waals surface area (Å²) in [6.45, 7) is 4.38. The highest BCUT2D eigenvalue weighted by Gasteiger charge is 2.23. The molecule has 1 N–H and O–H groups in total. The second-order valence-corrected chi connectivity index (χ2v) is 5.81. The molecule has 0 aromatic carbocycles. The van der Waals surface area contributed by atoms with Crippen LogP contribution in [0.5, 0.6) is 0 Å². The van der Waals surface area contributed by atoms with Crippen LogP contribution in [0.3, 0.4) is 0 Å². The fourth-order valence-electron chi connectivity index (χ4n) is 3.43. The maximum absolute atomic E-state index is 5.80. The zero-order valence-corrected chi connectivity index (χ0v) is 11.4. The van der Waals surface area contributed by atoms with Crippen molar-refractivity contribution in [1.82, 2.24) is 5.32 Å². The Bertz CT molecular complexity index is 195. The lowest BCUT2D eigenvalue weighted by Gasteiger charge is -2.32. The van der Waals surface area contributed by atoms with Gasteiger partial charge in [0.1, 0.15) is 0 Å². The number of hydrogen-bond acceptors (Lipinski definition) is 2. The van der Waals surface area contributed by atoms with Crippen molar-refractivity contribution in [2.24, 2.45) is 5.92 Å². The third kappa shape index (κ3) is 4.26. The monoisotopic (exact) mass is 239 g/mol. The second kappa shape index (κ2) is 7.38. The molecule has 1 aliphatic heterocycles. The maximum atomic E-state index is 5.80. The lowest BCUT2D eigenvalue weighted by Crippen LogP contribution is -2.42. The van der Waals surface area contributed by atoms with E-state index in [-0.39, 0.29) is 0 Å². The quantitative estimate of drug-likeness (QED) is 0.793. The van der Waals surface area contributed by atoms with Crippen molar-refractivity contribution in [2.45, 2.75) is 76.9 Å². The van der Waals surface area contributed by atoms with E-state index < -0.39 is 0 Å². The molecule has 1 heterocycles. The third-order valence-corrected chi connectivity index (χ3v) is 4.54. The number of ether oxygens (including phenoxy) is 1. The predicted octanol–water partition coefficient (Wildman–Crippen LogP) is 3.50. The molecular formula is C15H29NO. The summed E-state index contributed by atoms with van der Waals surface area (Å²) < 4.78 is 5.80. The molecule has 1 saturated carbocycles. The molecule has 0 radical (unpaired) electrons. The van der Waals surface area contributed by atoms with Crippen molar-refractivity contribution in [3.8, 4) is 0 Å². The fourth-order valence-corrected chi connectivity index (χ4v) is 3.43. The summed E-state index contributed by atoms with van der Waals surface area (Å²) in [5.41, 5.74) is 0. The minimum Gasteiger partial charge on any atom is -0.377 e. The van der Waals surface area contributed by atoms with Crippen LogP contribution in [-0.4, -0.2) is 25.3 Å². The zero-order valence-electron chi connectivity index (χ0n) is 11.4. The van der Waals surface area contributed by atoms with E-state index in [1.807, 2.05) is 0 Å². The van der Waals surface area contributed by atoms with Crippen molar-refractivity contribution in [2.75, 3.05) is 13.2 Å². The SMILES string of the molecule is CCC(NCC1CCCCO1)C1CCCCC1. The Balaban J connectivity index is 1.70. The third-order valence-electron chi connectivity index (χ3n) is 4.54. The van der Waals surface area contributed by atoms with Gasteiger partial charge in [-0.15, -0.1) is 0 Å². The standard InChI is InChI=1S/C15H29NO/c1-2-15(13-8-4-3-5-9-13)16-12-14-10-6-7-11-17-14/h13-16H,2-12H2,1H3. The van der Waals surface area contributed by atoms with Gasteiger partial charge >= 0.3 is 0 Å². The fraction of sp³-hybridized carbons (Fsp3) is 1.00. The molecule has 17 heavy (non-hydrogen) atoms. The first-order valence-electron chi connectivity index (χ1n) is 7.75. The molecule has 2 fully saturated rings. The summed E-state index contributed by atoms with van der Waals surface area (Å²) in [4.78, 5) is 0. The largest absolute Gasteiger partial charge is 0.377 e. The Morgan fingerprint density at radius 2 is 1.82 bits per heavy atom. The lowest BCUT2D eigenvalue weighted by atomic mass is 9.83. The molecule has 2 aliphatic rings. The summed E-state index contributed by atoms with van der Waals surface area (Å²) >= 11 is 0. The van der Waals surface area contributed by atoms with E-state index in [1.54, 1.807) is 0 Å². The van der Waals surface area contributed by atoms with Crippen LogP contribution in [0.1, 0.15) is 64.7 Å². The Kier molecular flexibility index (Phi) is 5.79. The van der Waals surface area contributed by atoms with Gasteiger partial charge in [0.25, 0.3) is 0 Å². The second-order valence-electron chi connectivity index (χ2n) is 5.81. The predicted molar refractivity (Wildman–Crippen MR) is 72.2 cm³/mol. The molecule has 0 amide bonds. The minimum atomic E-state index is 0.487. The Labute approximate surface area is 107 Å². The topological polar surface area (TPSA) is 21.3 Å². The highest BCUT2D eigenvalue weighted by Crippen LogP contribution is 2.27. The molecule has 0 aromatic heterocycles. The Morgan fingerprint density at radius 3 is 2.47 bits per heavy atom. The van der Waals surface area contributed by atoms with Gasteiger partial charge in [-0.25, -0.2) is 0 Å². The molecule has 2 atom stereocenters. The van der Waals surface area contributed by atoms with Crippen LogP contribution >= 0.6 is 0 Å². The normalized spacial score (nSPS) is 29.1. The molecule has 1 saturated heterocycles. The van der Waals surface area contributed by atoms with Crippen LogP contribution in [0.4, 0.5) is 0 Å². The van der Waals surface area contributed by atoms with E-state index >= 15 is 0 Å². The van der Waals surface area contributed by atoms with Crippen LogP contribution in [0.15, 0.2) is 0 Å². The van der Waals surface area contributed by atoms with Gasteiger partial charge < -0.3 is 10.1 Å². The molecule has 2 unspecified atom stereocenters. The van der Waals surface area contributed by atoms with Gasteiger partial charge in [0.05, 0.1) is 6.10 Å². The molecule has 2 rings (SSSR count). The van der Waals surface area contributed by atoms with Gasteiger partial charge in [0, 0.05) is 19.2 Å². The number of hydrogen-bond donors (Lipinski definition) is 1. The first-order valence-corrected chi connectivity index (χ1v) is 7.75. The molecular weight excluding hydrogens is 210 g/mol. The zero-order chi connectivity index (χ0) is 11.9. The Hall–Kier alpha value is -0.0800. The van der Waals surface area contributed by atoms with Crippen molar-refractivity contribution < 1.29 is 4.74 Å². The van der Waals surface area contributed by atoms with Crippen LogP contribution in [-0.2, 0) is 4.74 Å². The van der Waals surface area contributed by atoms with Crippen LogP contribution in [0.2, 0.25) is 0 Å². The van der Waals surface area contributed by atoms with E-state index in [0.717, 1.165) is 25.1 Å². The van der Waals surface area contributed by atoms with Crippen molar-refractivity contribution >= 4 is 0 Å². The van der Waals surface area contributed by atoms with Gasteiger partial charge in [-0.05, 0) is 44.4 Å². The van der Waals surface area contributed by atoms with Crippen molar-refractivity contribution in [3.63, 3.8) is 0 Å². The molecule has 2 heteroatoms. The first-order chi connectivity index (χ1) is 8.40. The molecule has 2 nitrogen and oxygen atoms in total. The summed E-state index contributed by atoms with van der Waals surface area (Å²) in [7, 11) is 0. The van der Waals surface area contributed by atoms with Crippen LogP contribution in [0.25, 0.3) is 0 Å². The van der Waals surface area contributed by atoms with Crippen molar-refractivity contribution in [1.29, 1.82) is 0 Å². The molecule has 0 aromatic rings. The maximum Gasteiger partial charge on any atom is 0.0699 e. The summed E-state index contributed by atoms with van der Waals surface area (Å²) in [5.74, 6) is 0.928. The molecule has 100 valence electrons. The van der Waals surface area contributed by atoms with Crippen molar-refractivity contribution in [3.05, 3.63) is 0 Å². The highest BCUT2D eigenvalue weighted by molar-refractivity contribution is 4.80. The summed E-state index contributed by atoms with van der Waals surface area (Å²) in [5, 5.41) is 3.78. The minimum absolute atomic E-state index is 0.487. The van der Waals surface area contributed by atoms with E-state index in [9.17, 15) is 0 Å². The lowest BCUT2D eigenvalue weighted by molar-refractivity contribution is 0.0136. The first kappa shape index (κ1) is 13.4.